The van der Waals surface area contributed by atoms with Gasteiger partial charge in [0, 0.05) is 39.8 Å². The maximum absolute atomic E-state index is 14.1. The molecule has 1 aromatic carbocycles. The number of carbonyl (C=O) groups is 1. The molecule has 1 aromatic rings. The number of benzene rings is 1. The molecule has 1 aliphatic heterocycles. The Bertz CT molecular complexity index is 612. The predicted octanol–water partition coefficient (Wildman–Crippen LogP) is 2.64. The minimum absolute atomic E-state index is 0. The summed E-state index contributed by atoms with van der Waals surface area (Å²) < 4.78 is 19.1. The molecule has 1 heterocycles. The van der Waals surface area contributed by atoms with Crippen LogP contribution in [0.25, 0.3) is 5.70 Å². The first-order valence-corrected chi connectivity index (χ1v) is 7.17. The van der Waals surface area contributed by atoms with Gasteiger partial charge in [-0.05, 0) is 12.1 Å². The maximum Gasteiger partial charge on any atom is 0.235 e. The van der Waals surface area contributed by atoms with E-state index in [2.05, 4.69) is 34.6 Å². The van der Waals surface area contributed by atoms with E-state index in [-0.39, 0.29) is 49.1 Å². The third-order valence-corrected chi connectivity index (χ3v) is 3.87. The Morgan fingerprint density at radius 2 is 2.33 bits per heavy atom. The van der Waals surface area contributed by atoms with Gasteiger partial charge in [-0.2, -0.15) is 0 Å². The zero-order valence-electron chi connectivity index (χ0n) is 11.4. The molecule has 0 bridgehead atoms. The van der Waals surface area contributed by atoms with Crippen molar-refractivity contribution in [1.29, 1.82) is 0 Å². The second-order valence-corrected chi connectivity index (χ2v) is 5.73. The molecule has 3 nitrogen and oxygen atoms in total. The number of terminal acetylenes is 1. The molecule has 1 radical (unpaired) electrons. The molecule has 1 unspecified atom stereocenters. The van der Waals surface area contributed by atoms with Gasteiger partial charge in [0.2, 0.25) is 5.91 Å². The summed E-state index contributed by atoms with van der Waals surface area (Å²) in [6.07, 6.45) is 8.63. The molecule has 107 valence electrons. The fourth-order valence-electron chi connectivity index (χ4n) is 1.89. The van der Waals surface area contributed by atoms with E-state index in [1.165, 1.54) is 11.0 Å². The second kappa shape index (κ2) is 8.26. The van der Waals surface area contributed by atoms with Crippen molar-refractivity contribution < 1.29 is 46.6 Å². The second-order valence-electron chi connectivity index (χ2n) is 4.23. The van der Waals surface area contributed by atoms with Crippen molar-refractivity contribution in [2.75, 3.05) is 13.7 Å². The Balaban J connectivity index is 0.00000220. The molecule has 6 heteroatoms. The summed E-state index contributed by atoms with van der Waals surface area (Å²) in [6.45, 7) is 0.0858. The zero-order valence-corrected chi connectivity index (χ0v) is 16.4. The van der Waals surface area contributed by atoms with Gasteiger partial charge in [0.05, 0.1) is 9.74 Å². The Hall–Kier alpha value is -0.446. The number of alkyl halides is 1. The van der Waals surface area contributed by atoms with Crippen molar-refractivity contribution in [2.45, 2.75) is 10.3 Å². The molecule has 0 fully saturated rings. The van der Waals surface area contributed by atoms with Crippen molar-refractivity contribution in [3.63, 3.8) is 0 Å². The van der Waals surface area contributed by atoms with E-state index < -0.39 is 5.82 Å². The first-order valence-electron chi connectivity index (χ1n) is 5.93. The molecule has 0 N–H and O–H groups in total. The van der Waals surface area contributed by atoms with E-state index in [1.807, 2.05) is 0 Å². The Morgan fingerprint density at radius 3 is 2.95 bits per heavy atom. The minimum Gasteiger partial charge on any atom is -0.481 e. The number of hydrogen-bond donors (Lipinski definition) is 0. The number of rotatable bonds is 3. The molecule has 1 aliphatic rings. The number of ether oxygens (including phenoxy) is 1. The van der Waals surface area contributed by atoms with Crippen molar-refractivity contribution in [2.24, 2.45) is 0 Å². The van der Waals surface area contributed by atoms with Crippen molar-refractivity contribution in [3.8, 4) is 18.1 Å². The van der Waals surface area contributed by atoms with Crippen LogP contribution in [0.15, 0.2) is 18.2 Å². The normalized spacial score (nSPS) is 17.6. The molecule has 2 rings (SSSR count). The van der Waals surface area contributed by atoms with Crippen LogP contribution in [0.3, 0.4) is 0 Å². The third kappa shape index (κ3) is 4.27. The number of halogens is 2. The van der Waals surface area contributed by atoms with E-state index in [9.17, 15) is 9.18 Å². The van der Waals surface area contributed by atoms with Crippen molar-refractivity contribution in [1.82, 2.24) is 4.90 Å². The van der Waals surface area contributed by atoms with Crippen LogP contribution in [-0.2, 0) is 37.5 Å². The number of carbonyl (C=O) groups excluding carboxylic acids is 1. The number of hydrogen-bond acceptors (Lipinski definition) is 2. The van der Waals surface area contributed by atoms with E-state index in [0.717, 1.165) is 0 Å². The van der Waals surface area contributed by atoms with E-state index in [4.69, 9.17) is 11.2 Å². The van der Waals surface area contributed by atoms with Crippen LogP contribution >= 0.6 is 22.6 Å². The molecule has 0 aromatic heterocycles. The monoisotopic (exact) mass is 473 g/mol. The molecule has 0 spiro atoms. The Morgan fingerprint density at radius 1 is 1.62 bits per heavy atom. The van der Waals surface area contributed by atoms with E-state index in [1.54, 1.807) is 19.2 Å². The molecular weight excluding hydrogens is 461 g/mol. The van der Waals surface area contributed by atoms with Gasteiger partial charge in [-0.1, -0.05) is 34.9 Å². The molecule has 0 aliphatic carbocycles. The van der Waals surface area contributed by atoms with Gasteiger partial charge >= 0.3 is 0 Å². The van der Waals surface area contributed by atoms with Crippen LogP contribution in [0.2, 0.25) is 0 Å². The molecule has 0 saturated carbocycles. The summed E-state index contributed by atoms with van der Waals surface area (Å²) >= 11 is 2.06. The van der Waals surface area contributed by atoms with Gasteiger partial charge < -0.3 is 9.64 Å². The first-order chi connectivity index (χ1) is 9.54. The van der Waals surface area contributed by atoms with Gasteiger partial charge in [0.25, 0.3) is 0 Å². The average molecular weight is 473 g/mol. The Labute approximate surface area is 162 Å². The topological polar surface area (TPSA) is 29.5 Å². The van der Waals surface area contributed by atoms with Gasteiger partial charge in [0.15, 0.2) is 0 Å². The van der Waals surface area contributed by atoms with Gasteiger partial charge in [-0.25, -0.2) is 10.5 Å². The van der Waals surface area contributed by atoms with Crippen LogP contribution in [0.4, 0.5) is 4.39 Å². The molecule has 21 heavy (non-hydrogen) atoms. The number of allylic oxidation sites excluding steroid dienone is 1. The summed E-state index contributed by atoms with van der Waals surface area (Å²) in [5.41, 5.74) is 0.793. The summed E-state index contributed by atoms with van der Waals surface area (Å²) in [5, 5.41) is 0. The Kier molecular flexibility index (Phi) is 7.31. The predicted molar refractivity (Wildman–Crippen MR) is 82.6 cm³/mol. The van der Waals surface area contributed by atoms with Crippen LogP contribution in [0.5, 0.6) is 5.75 Å². The van der Waals surface area contributed by atoms with Gasteiger partial charge in [0.1, 0.15) is 12.4 Å². The minimum atomic E-state index is -0.464. The number of amides is 1. The number of nitrogens with zero attached hydrogens (tertiary/aromatic N) is 1. The summed E-state index contributed by atoms with van der Waals surface area (Å²) in [6, 6.07) is 4.45. The molecule has 1 atom stereocenters. The van der Waals surface area contributed by atoms with Gasteiger partial charge in [-0.15, -0.1) is 23.8 Å². The summed E-state index contributed by atoms with van der Waals surface area (Å²) in [5.74, 6) is 2.16. The molecule has 0 saturated heterocycles. The third-order valence-electron chi connectivity index (χ3n) is 2.90. The largest absolute Gasteiger partial charge is 0.481 e. The van der Waals surface area contributed by atoms with Crippen molar-refractivity contribution >= 4 is 34.2 Å². The summed E-state index contributed by atoms with van der Waals surface area (Å²) in [7, 11) is 1.62. The molecule has 1 amide bonds. The van der Waals surface area contributed by atoms with Crippen molar-refractivity contribution in [3.05, 3.63) is 35.7 Å². The smallest absolute Gasteiger partial charge is 0.235 e. The quantitative estimate of drug-likeness (QED) is 0.293. The first kappa shape index (κ1) is 18.6. The SMILES string of the molecule is C#CCOc1ccc(C2=[C-]CC(I)C(=O)N2C)c(F)c1.[Y]. The van der Waals surface area contributed by atoms with Gasteiger partial charge in [-0.3, -0.25) is 4.79 Å². The van der Waals surface area contributed by atoms with E-state index in [0.29, 0.717) is 23.4 Å². The zero-order chi connectivity index (χ0) is 14.7. The van der Waals surface area contributed by atoms with E-state index >= 15 is 0 Å². The fourth-order valence-corrected chi connectivity index (χ4v) is 2.53. The maximum atomic E-state index is 14.1. The standard InChI is InChI=1S/C15H12FINO2.Y/c1-3-8-20-10-4-5-11(12(16)9-10)14-7-6-13(17)15(19)18(14)2;/h1,4-5,9,13H,6,8H2,2H3;/q-1;. The van der Waals surface area contributed by atoms with Crippen LogP contribution < -0.4 is 4.74 Å². The van der Waals surface area contributed by atoms with Crippen LogP contribution in [0, 0.1) is 24.2 Å². The fraction of sp³-hybridized carbons (Fsp3) is 0.267. The summed E-state index contributed by atoms with van der Waals surface area (Å²) in [4.78, 5) is 13.3. The average Bonchev–Trinajstić information content (AvgIpc) is 2.44. The van der Waals surface area contributed by atoms with Crippen LogP contribution in [-0.4, -0.2) is 28.4 Å². The van der Waals surface area contributed by atoms with Crippen LogP contribution in [0.1, 0.15) is 12.0 Å². The molecular formula is C15H12FINO2Y-.